The zero-order valence-corrected chi connectivity index (χ0v) is 11.5. The zero-order chi connectivity index (χ0) is 10.1. The molecule has 0 unspecified atom stereocenters. The molecule has 1 nitrogen and oxygen atoms in total. The van der Waals surface area contributed by atoms with Gasteiger partial charge in [-0.1, -0.05) is 12.1 Å². The van der Waals surface area contributed by atoms with Crippen molar-refractivity contribution in [3.63, 3.8) is 0 Å². The maximum atomic E-state index is 5.40. The van der Waals surface area contributed by atoms with Crippen molar-refractivity contribution in [3.05, 3.63) is 50.6 Å². The third-order valence-corrected chi connectivity index (χ3v) is 1.48. The van der Waals surface area contributed by atoms with Crippen LogP contribution in [0.1, 0.15) is 24.8 Å². The first-order valence-electron chi connectivity index (χ1n) is 4.46. The van der Waals surface area contributed by atoms with Gasteiger partial charge in [0.1, 0.15) is 0 Å². The minimum Gasteiger partial charge on any atom is -0.400 e. The number of hydrogen-bond acceptors (Lipinski definition) is 1. The fourth-order valence-corrected chi connectivity index (χ4v) is 0.694. The number of hydrogen-bond donors (Lipinski definition) is 1. The molecule has 0 fully saturated rings. The largest absolute Gasteiger partial charge is 3.00 e. The van der Waals surface area contributed by atoms with E-state index < -0.39 is 0 Å². The van der Waals surface area contributed by atoms with Gasteiger partial charge in [0, 0.05) is 5.69 Å². The average Bonchev–Trinajstić information content (AvgIpc) is 2.13. The van der Waals surface area contributed by atoms with Crippen LogP contribution in [0.5, 0.6) is 0 Å². The Kier molecular flexibility index (Phi) is 13.0. The molecule has 1 aromatic carbocycles. The molecular weight excluding hydrogens is 247 g/mol. The molecule has 74 valence electrons. The summed E-state index contributed by atoms with van der Waals surface area (Å²) in [6.07, 6.45) is 3.23. The molecule has 0 heterocycles. The number of nitrogen functional groups attached to an aromatic ring is 1. The summed E-state index contributed by atoms with van der Waals surface area (Å²) < 4.78 is 0. The normalized spacial score (nSPS) is 8.14. The molecule has 0 aromatic heterocycles. The van der Waals surface area contributed by atoms with Crippen molar-refractivity contribution >= 4 is 5.69 Å². The summed E-state index contributed by atoms with van der Waals surface area (Å²) in [6, 6.07) is 7.44. The Balaban J connectivity index is 0. The first kappa shape index (κ1) is 16.4. The second-order valence-electron chi connectivity index (χ2n) is 2.80. The number of nitrogens with two attached hydrogens (primary N) is 1. The zero-order valence-electron chi connectivity index (χ0n) is 8.71. The van der Waals surface area contributed by atoms with Crippen LogP contribution in [0.15, 0.2) is 24.3 Å². The Morgan fingerprint density at radius 2 is 1.43 bits per heavy atom. The maximum absolute atomic E-state index is 5.40. The Morgan fingerprint density at radius 1 is 1.00 bits per heavy atom. The molecule has 14 heavy (non-hydrogen) atoms. The van der Waals surface area contributed by atoms with Gasteiger partial charge in [-0.3, -0.25) is 0 Å². The molecule has 0 bridgehead atoms. The summed E-state index contributed by atoms with van der Waals surface area (Å²) in [5.41, 5.74) is 7.19. The van der Waals surface area contributed by atoms with Crippen molar-refractivity contribution in [3.8, 4) is 0 Å². The SMILES string of the molecule is [CH2-]CCC[CH2-].[CH2-]c1ccc(N)cc1.[Y+3]. The fraction of sp³-hybridized carbons (Fsp3) is 0.250. The van der Waals surface area contributed by atoms with Crippen molar-refractivity contribution in [2.75, 3.05) is 5.73 Å². The summed E-state index contributed by atoms with van der Waals surface area (Å²) in [7, 11) is 0. The number of benzene rings is 1. The number of rotatable bonds is 2. The Labute approximate surface area is 113 Å². The van der Waals surface area contributed by atoms with Crippen molar-refractivity contribution in [1.82, 2.24) is 0 Å². The molecule has 0 atom stereocenters. The van der Waals surface area contributed by atoms with E-state index in [2.05, 4.69) is 20.8 Å². The van der Waals surface area contributed by atoms with E-state index in [4.69, 9.17) is 5.73 Å². The van der Waals surface area contributed by atoms with Crippen molar-refractivity contribution < 1.29 is 32.7 Å². The van der Waals surface area contributed by atoms with E-state index in [0.717, 1.165) is 24.1 Å². The van der Waals surface area contributed by atoms with Gasteiger partial charge in [0.25, 0.3) is 0 Å². The van der Waals surface area contributed by atoms with Gasteiger partial charge in [-0.25, -0.2) is 0 Å². The topological polar surface area (TPSA) is 26.0 Å². The van der Waals surface area contributed by atoms with Crippen LogP contribution in [-0.2, 0) is 32.7 Å². The molecule has 0 amide bonds. The second-order valence-corrected chi connectivity index (χ2v) is 2.80. The molecule has 2 heteroatoms. The summed E-state index contributed by atoms with van der Waals surface area (Å²) in [5.74, 6) is 0. The molecule has 0 aliphatic carbocycles. The first-order valence-corrected chi connectivity index (χ1v) is 4.46. The van der Waals surface area contributed by atoms with Gasteiger partial charge >= 0.3 is 32.7 Å². The Morgan fingerprint density at radius 3 is 1.64 bits per heavy atom. The van der Waals surface area contributed by atoms with Crippen molar-refractivity contribution in [2.24, 2.45) is 0 Å². The Bertz CT molecular complexity index is 183. The van der Waals surface area contributed by atoms with E-state index >= 15 is 0 Å². The molecule has 2 N–H and O–H groups in total. The quantitative estimate of drug-likeness (QED) is 0.644. The minimum absolute atomic E-state index is 0. The van der Waals surface area contributed by atoms with Crippen LogP contribution in [0.3, 0.4) is 0 Å². The van der Waals surface area contributed by atoms with E-state index in [1.807, 2.05) is 24.3 Å². The monoisotopic (exact) mass is 265 g/mol. The molecule has 0 aliphatic heterocycles. The van der Waals surface area contributed by atoms with Gasteiger partial charge in [0.05, 0.1) is 0 Å². The van der Waals surface area contributed by atoms with Gasteiger partial charge < -0.3 is 19.6 Å². The van der Waals surface area contributed by atoms with Crippen molar-refractivity contribution in [1.29, 1.82) is 0 Å². The minimum atomic E-state index is 0. The van der Waals surface area contributed by atoms with E-state index in [-0.39, 0.29) is 32.7 Å². The third-order valence-electron chi connectivity index (χ3n) is 1.48. The first-order chi connectivity index (χ1) is 6.20. The van der Waals surface area contributed by atoms with Crippen LogP contribution in [0.4, 0.5) is 5.69 Å². The average molecular weight is 265 g/mol. The van der Waals surface area contributed by atoms with E-state index in [1.165, 1.54) is 6.42 Å². The third kappa shape index (κ3) is 10.1. The van der Waals surface area contributed by atoms with Gasteiger partial charge in [0.15, 0.2) is 0 Å². The maximum Gasteiger partial charge on any atom is 3.00 e. The molecule has 0 aliphatic rings. The van der Waals surface area contributed by atoms with E-state index in [9.17, 15) is 0 Å². The number of unbranched alkanes of at least 4 members (excludes halogenated alkanes) is 2. The van der Waals surface area contributed by atoms with Crippen LogP contribution in [-0.4, -0.2) is 0 Å². The van der Waals surface area contributed by atoms with Crippen LogP contribution in [0.2, 0.25) is 0 Å². The van der Waals surface area contributed by atoms with E-state index in [1.54, 1.807) is 0 Å². The predicted molar refractivity (Wildman–Crippen MR) is 59.9 cm³/mol. The van der Waals surface area contributed by atoms with Gasteiger partial charge in [0.2, 0.25) is 0 Å². The summed E-state index contributed by atoms with van der Waals surface area (Å²) in [5, 5.41) is 0. The number of anilines is 1. The molecule has 0 radical (unpaired) electrons. The van der Waals surface area contributed by atoms with Crippen LogP contribution >= 0.6 is 0 Å². The van der Waals surface area contributed by atoms with Gasteiger partial charge in [-0.05, 0) is 0 Å². The standard InChI is InChI=1S/C7H8N.C5H10.Y/c1-6-2-4-7(8)5-3-6;1-3-5-4-2;/h2-5H,1,8H2;1-5H2;/q-1;-2;+3. The molecular formula is C12H18NY. The molecule has 0 saturated heterocycles. The van der Waals surface area contributed by atoms with Gasteiger partial charge in [-0.2, -0.15) is 37.5 Å². The van der Waals surface area contributed by atoms with Crippen LogP contribution < -0.4 is 5.73 Å². The summed E-state index contributed by atoms with van der Waals surface area (Å²) in [4.78, 5) is 0. The van der Waals surface area contributed by atoms with Crippen LogP contribution in [0.25, 0.3) is 0 Å². The van der Waals surface area contributed by atoms with E-state index in [0.29, 0.717) is 0 Å². The second kappa shape index (κ2) is 11.1. The summed E-state index contributed by atoms with van der Waals surface area (Å²) in [6.45, 7) is 11.0. The van der Waals surface area contributed by atoms with Crippen molar-refractivity contribution in [2.45, 2.75) is 19.3 Å². The molecule has 0 spiro atoms. The van der Waals surface area contributed by atoms with Gasteiger partial charge in [-0.15, -0.1) is 6.42 Å². The molecule has 0 saturated carbocycles. The predicted octanol–water partition coefficient (Wildman–Crippen LogP) is 3.27. The summed E-state index contributed by atoms with van der Waals surface area (Å²) >= 11 is 0. The smallest absolute Gasteiger partial charge is 0.400 e. The molecule has 1 aromatic rings. The fourth-order valence-electron chi connectivity index (χ4n) is 0.694. The Hall–Kier alpha value is -0.00610. The van der Waals surface area contributed by atoms with Crippen LogP contribution in [0, 0.1) is 20.8 Å². The molecule has 1 rings (SSSR count).